The van der Waals surface area contributed by atoms with Crippen molar-refractivity contribution in [3.63, 3.8) is 0 Å². The summed E-state index contributed by atoms with van der Waals surface area (Å²) in [6.45, 7) is 1.60. The second-order valence-electron chi connectivity index (χ2n) is 10.9. The van der Waals surface area contributed by atoms with Gasteiger partial charge in [0.1, 0.15) is 23.1 Å². The lowest BCUT2D eigenvalue weighted by molar-refractivity contribution is -0.132. The number of amides is 1. The molecule has 10 heteroatoms. The van der Waals surface area contributed by atoms with Crippen LogP contribution in [-0.4, -0.2) is 27.0 Å². The fourth-order valence-electron chi connectivity index (χ4n) is 5.53. The van der Waals surface area contributed by atoms with Gasteiger partial charge in [-0.25, -0.2) is 4.39 Å². The van der Waals surface area contributed by atoms with E-state index in [4.69, 9.17) is 4.74 Å². The van der Waals surface area contributed by atoms with Crippen LogP contribution in [0, 0.1) is 12.7 Å². The number of Topliss-reactive ketones (excluding diaryl/α,β-unsaturated/α-hetero) is 1. The minimum Gasteiger partial charge on any atom is -0.507 e. The molecule has 0 bridgehead atoms. The lowest BCUT2D eigenvalue weighted by Crippen LogP contribution is -2.29. The Morgan fingerprint density at radius 3 is 2.47 bits per heavy atom. The van der Waals surface area contributed by atoms with Gasteiger partial charge in [0.25, 0.3) is 5.78 Å². The van der Waals surface area contributed by atoms with Crippen molar-refractivity contribution in [2.24, 2.45) is 0 Å². The molecule has 1 atom stereocenters. The van der Waals surface area contributed by atoms with E-state index in [9.17, 15) is 19.1 Å². The third-order valence-electron chi connectivity index (χ3n) is 7.88. The van der Waals surface area contributed by atoms with Crippen molar-refractivity contribution in [2.45, 2.75) is 23.1 Å². The number of carbonyl (C=O) groups is 2. The zero-order valence-corrected chi connectivity index (χ0v) is 26.6. The van der Waals surface area contributed by atoms with Gasteiger partial charge in [-0.15, -0.1) is 10.2 Å². The molecule has 6 aromatic rings. The molecule has 0 radical (unpaired) electrons. The molecule has 7 nitrogen and oxygen atoms in total. The molecule has 1 N–H and O–H groups in total. The predicted octanol–water partition coefficient (Wildman–Crippen LogP) is 8.85. The standard InChI is InChI=1S/C37H26FN3O4S2/c1-22-17-18-25(20-30(22)38)33(42)31-32(24-11-8-15-28(19-24)45-27-13-3-2-4-14-27)41(35(44)34(31)43)36-39-40-37(47-36)46-21-26-12-7-10-23-9-5-6-16-29(23)26/h2-20,32,42H,21H2,1H3/t32-/m0/s1. The monoisotopic (exact) mass is 659 g/mol. The number of hydrogen-bond donors (Lipinski definition) is 1. The fourth-order valence-corrected chi connectivity index (χ4v) is 7.40. The molecular formula is C37H26FN3O4S2. The number of nitrogens with zero attached hydrogens (tertiary/aromatic N) is 3. The smallest absolute Gasteiger partial charge is 0.301 e. The number of rotatable bonds is 8. The number of aromatic nitrogens is 2. The molecule has 0 aliphatic carbocycles. The van der Waals surface area contributed by atoms with E-state index in [2.05, 4.69) is 34.5 Å². The van der Waals surface area contributed by atoms with E-state index in [1.807, 2.05) is 48.5 Å². The molecular weight excluding hydrogens is 634 g/mol. The number of ketones is 1. The summed E-state index contributed by atoms with van der Waals surface area (Å²) in [5.41, 5.74) is 1.90. The Labute approximate surface area is 278 Å². The van der Waals surface area contributed by atoms with Crippen molar-refractivity contribution < 1.29 is 23.8 Å². The highest BCUT2D eigenvalue weighted by atomic mass is 32.2. The SMILES string of the molecule is Cc1ccc(C(O)=C2C(=O)C(=O)N(c3nnc(SCc4cccc5ccccc45)s3)[C@H]2c2cccc(Oc3ccccc3)c2)cc1F. The number of benzene rings is 5. The first-order valence-electron chi connectivity index (χ1n) is 14.7. The minimum atomic E-state index is -1.08. The summed E-state index contributed by atoms with van der Waals surface area (Å²) < 4.78 is 21.2. The number of hydrogen-bond acceptors (Lipinski definition) is 8. The number of carbonyl (C=O) groups excluding carboxylic acids is 2. The van der Waals surface area contributed by atoms with E-state index in [0.717, 1.165) is 22.4 Å². The van der Waals surface area contributed by atoms with Crippen molar-refractivity contribution in [1.82, 2.24) is 10.2 Å². The maximum Gasteiger partial charge on any atom is 0.301 e. The van der Waals surface area contributed by atoms with Crippen LogP contribution >= 0.6 is 23.1 Å². The topological polar surface area (TPSA) is 92.6 Å². The second-order valence-corrected chi connectivity index (χ2v) is 13.1. The molecule has 2 heterocycles. The Bertz CT molecular complexity index is 2180. The van der Waals surface area contributed by atoms with Crippen LogP contribution in [0.25, 0.3) is 16.5 Å². The second kappa shape index (κ2) is 12.8. The normalized spacial score (nSPS) is 15.8. The number of aryl methyl sites for hydroxylation is 1. The van der Waals surface area contributed by atoms with Gasteiger partial charge in [0, 0.05) is 11.3 Å². The number of halogens is 1. The van der Waals surface area contributed by atoms with Crippen LogP contribution in [0.4, 0.5) is 9.52 Å². The molecule has 1 amide bonds. The number of fused-ring (bicyclic) bond motifs is 1. The number of thioether (sulfide) groups is 1. The average Bonchev–Trinajstić information content (AvgIpc) is 3.66. The first kappa shape index (κ1) is 30.3. The molecule has 0 unspecified atom stereocenters. The summed E-state index contributed by atoms with van der Waals surface area (Å²) in [5, 5.41) is 22.6. The van der Waals surface area contributed by atoms with Crippen molar-refractivity contribution in [3.05, 3.63) is 149 Å². The number of aliphatic hydroxyl groups is 1. The van der Waals surface area contributed by atoms with Crippen molar-refractivity contribution in [1.29, 1.82) is 0 Å². The third kappa shape index (κ3) is 6.00. The first-order chi connectivity index (χ1) is 22.9. The van der Waals surface area contributed by atoms with E-state index < -0.39 is 29.3 Å². The highest BCUT2D eigenvalue weighted by Gasteiger charge is 2.48. The van der Waals surface area contributed by atoms with Crippen molar-refractivity contribution in [2.75, 3.05) is 4.90 Å². The Morgan fingerprint density at radius 2 is 1.64 bits per heavy atom. The molecule has 1 saturated heterocycles. The molecule has 5 aromatic carbocycles. The van der Waals surface area contributed by atoms with Gasteiger partial charge in [-0.05, 0) is 64.7 Å². The van der Waals surface area contributed by atoms with Crippen LogP contribution in [0.2, 0.25) is 0 Å². The molecule has 0 spiro atoms. The predicted molar refractivity (Wildman–Crippen MR) is 182 cm³/mol. The minimum absolute atomic E-state index is 0.0800. The largest absolute Gasteiger partial charge is 0.507 e. The molecule has 1 fully saturated rings. The highest BCUT2D eigenvalue weighted by molar-refractivity contribution is 8.00. The number of aliphatic hydroxyl groups excluding tert-OH is 1. The van der Waals surface area contributed by atoms with E-state index in [1.165, 1.54) is 40.1 Å². The van der Waals surface area contributed by atoms with Crippen molar-refractivity contribution in [3.8, 4) is 11.5 Å². The zero-order valence-electron chi connectivity index (χ0n) is 25.0. The number of para-hydroxylation sites is 1. The van der Waals surface area contributed by atoms with Crippen LogP contribution in [0.3, 0.4) is 0 Å². The van der Waals surface area contributed by atoms with Crippen LogP contribution < -0.4 is 9.64 Å². The number of ether oxygens (including phenoxy) is 1. The van der Waals surface area contributed by atoms with Gasteiger partial charge in [0.2, 0.25) is 5.13 Å². The van der Waals surface area contributed by atoms with Gasteiger partial charge >= 0.3 is 5.91 Å². The molecule has 7 rings (SSSR count). The summed E-state index contributed by atoms with van der Waals surface area (Å²) in [7, 11) is 0. The summed E-state index contributed by atoms with van der Waals surface area (Å²) in [6.07, 6.45) is 0. The molecule has 1 aliphatic rings. The van der Waals surface area contributed by atoms with Gasteiger partial charge in [0.05, 0.1) is 11.6 Å². The van der Waals surface area contributed by atoms with Gasteiger partial charge in [-0.1, -0.05) is 108 Å². The van der Waals surface area contributed by atoms with Gasteiger partial charge in [-0.3, -0.25) is 14.5 Å². The Hall–Kier alpha value is -5.32. The molecule has 232 valence electrons. The van der Waals surface area contributed by atoms with Crippen LogP contribution in [0.5, 0.6) is 11.5 Å². The van der Waals surface area contributed by atoms with E-state index in [1.54, 1.807) is 31.2 Å². The van der Waals surface area contributed by atoms with Crippen LogP contribution in [-0.2, 0) is 15.3 Å². The average molecular weight is 660 g/mol. The Kier molecular flexibility index (Phi) is 8.28. The summed E-state index contributed by atoms with van der Waals surface area (Å²) in [4.78, 5) is 28.6. The summed E-state index contributed by atoms with van der Waals surface area (Å²) in [5.74, 6) is -1.14. The summed E-state index contributed by atoms with van der Waals surface area (Å²) >= 11 is 2.65. The van der Waals surface area contributed by atoms with Crippen LogP contribution in [0.15, 0.2) is 125 Å². The maximum absolute atomic E-state index is 14.6. The molecule has 47 heavy (non-hydrogen) atoms. The fraction of sp³-hybridized carbons (Fsp3) is 0.0811. The van der Waals surface area contributed by atoms with Crippen molar-refractivity contribution >= 4 is 56.5 Å². The lowest BCUT2D eigenvalue weighted by atomic mass is 9.95. The van der Waals surface area contributed by atoms with Gasteiger partial charge in [0.15, 0.2) is 4.34 Å². The molecule has 0 saturated carbocycles. The van der Waals surface area contributed by atoms with Gasteiger partial charge < -0.3 is 9.84 Å². The van der Waals surface area contributed by atoms with E-state index >= 15 is 0 Å². The molecule has 1 aromatic heterocycles. The van der Waals surface area contributed by atoms with Crippen LogP contribution in [0.1, 0.15) is 28.3 Å². The zero-order chi connectivity index (χ0) is 32.5. The lowest BCUT2D eigenvalue weighted by Gasteiger charge is -2.23. The highest BCUT2D eigenvalue weighted by Crippen LogP contribution is 2.45. The molecule has 1 aliphatic heterocycles. The van der Waals surface area contributed by atoms with E-state index in [-0.39, 0.29) is 16.3 Å². The Balaban J connectivity index is 1.27. The summed E-state index contributed by atoms with van der Waals surface area (Å²) in [6, 6.07) is 33.5. The first-order valence-corrected chi connectivity index (χ1v) is 16.5. The Morgan fingerprint density at radius 1 is 0.894 bits per heavy atom. The quantitative estimate of drug-likeness (QED) is 0.0574. The third-order valence-corrected chi connectivity index (χ3v) is 9.98. The number of anilines is 1. The van der Waals surface area contributed by atoms with E-state index in [0.29, 0.717) is 32.7 Å². The van der Waals surface area contributed by atoms with Gasteiger partial charge in [-0.2, -0.15) is 0 Å². The maximum atomic E-state index is 14.6.